The Morgan fingerprint density at radius 1 is 1.29 bits per heavy atom. The number of benzene rings is 1. The van der Waals surface area contributed by atoms with E-state index in [1.54, 1.807) is 0 Å². The van der Waals surface area contributed by atoms with Crippen LogP contribution in [0.1, 0.15) is 0 Å². The molecule has 0 heterocycles. The van der Waals surface area contributed by atoms with Crippen LogP contribution in [0, 0.1) is 0 Å². The van der Waals surface area contributed by atoms with Gasteiger partial charge in [-0.15, -0.1) is 0 Å². The molecule has 0 fully saturated rings. The first-order chi connectivity index (χ1) is 9.53. The van der Waals surface area contributed by atoms with Gasteiger partial charge in [0.1, 0.15) is 11.5 Å². The summed E-state index contributed by atoms with van der Waals surface area (Å²) in [7, 11) is -3.96. The van der Waals surface area contributed by atoms with Crippen molar-refractivity contribution in [1.82, 2.24) is 4.72 Å². The van der Waals surface area contributed by atoms with Crippen LogP contribution in [0.4, 0.5) is 18.9 Å². The second kappa shape index (κ2) is 7.27. The first kappa shape index (κ1) is 18.7. The molecule has 1 aromatic carbocycles. The topological polar surface area (TPSA) is 81.4 Å². The van der Waals surface area contributed by atoms with E-state index >= 15 is 0 Å². The van der Waals surface area contributed by atoms with E-state index in [0.29, 0.717) is 4.47 Å². The van der Waals surface area contributed by atoms with E-state index < -0.39 is 29.4 Å². The molecule has 0 aromatic heterocycles. The van der Waals surface area contributed by atoms with Gasteiger partial charge in [0.05, 0.1) is 12.3 Å². The van der Waals surface area contributed by atoms with Gasteiger partial charge in [-0.1, -0.05) is 15.9 Å². The zero-order valence-corrected chi connectivity index (χ0v) is 14.4. The van der Waals surface area contributed by atoms with E-state index in [-0.39, 0.29) is 21.6 Å². The summed E-state index contributed by atoms with van der Waals surface area (Å²) in [4.78, 5) is -0.179. The zero-order chi connectivity index (χ0) is 16.3. The molecule has 0 aliphatic heterocycles. The van der Waals surface area contributed by atoms with Gasteiger partial charge in [0, 0.05) is 15.5 Å². The number of nitrogens with two attached hydrogens (primary N) is 1. The predicted octanol–water partition coefficient (Wildman–Crippen LogP) is 2.65. The largest absolute Gasteiger partial charge is 0.411 e. The maximum absolute atomic E-state index is 12.0. The fraction of sp³-hybridized carbons (Fsp3) is 0.400. The number of ether oxygens (including phenoxy) is 1. The first-order valence-electron chi connectivity index (χ1n) is 5.41. The second-order valence-corrected chi connectivity index (χ2v) is 7.35. The molecule has 0 saturated carbocycles. The number of anilines is 1. The van der Waals surface area contributed by atoms with Gasteiger partial charge < -0.3 is 10.5 Å². The molecule has 3 N–H and O–H groups in total. The van der Waals surface area contributed by atoms with Crippen LogP contribution in [0.15, 0.2) is 26.0 Å². The van der Waals surface area contributed by atoms with Crippen molar-refractivity contribution in [1.29, 1.82) is 0 Å². The smallest absolute Gasteiger partial charge is 0.398 e. The quantitative estimate of drug-likeness (QED) is 0.510. The molecule has 0 aliphatic rings. The van der Waals surface area contributed by atoms with Crippen LogP contribution in [-0.4, -0.2) is 34.4 Å². The summed E-state index contributed by atoms with van der Waals surface area (Å²) in [6.45, 7) is -2.15. The van der Waals surface area contributed by atoms with E-state index in [2.05, 4.69) is 41.3 Å². The molecule has 0 atom stereocenters. The van der Waals surface area contributed by atoms with Crippen LogP contribution in [-0.2, 0) is 14.8 Å². The molecule has 21 heavy (non-hydrogen) atoms. The van der Waals surface area contributed by atoms with Crippen molar-refractivity contribution >= 4 is 47.6 Å². The highest BCUT2D eigenvalue weighted by molar-refractivity contribution is 9.11. The fourth-order valence-corrected chi connectivity index (χ4v) is 4.45. The number of sulfonamides is 1. The molecule has 5 nitrogen and oxygen atoms in total. The molecule has 0 radical (unpaired) electrons. The Bertz CT molecular complexity index is 585. The van der Waals surface area contributed by atoms with Crippen molar-refractivity contribution in [2.45, 2.75) is 11.1 Å². The average Bonchev–Trinajstić information content (AvgIpc) is 2.24. The highest BCUT2D eigenvalue weighted by atomic mass is 79.9. The van der Waals surface area contributed by atoms with E-state index in [4.69, 9.17) is 5.73 Å². The van der Waals surface area contributed by atoms with Crippen molar-refractivity contribution < 1.29 is 26.3 Å². The minimum Gasteiger partial charge on any atom is -0.398 e. The van der Waals surface area contributed by atoms with E-state index in [1.165, 1.54) is 12.1 Å². The number of nitrogen functional groups attached to an aromatic ring is 1. The minimum atomic E-state index is -4.45. The molecule has 11 heteroatoms. The normalized spacial score (nSPS) is 12.6. The van der Waals surface area contributed by atoms with E-state index in [1.807, 2.05) is 0 Å². The van der Waals surface area contributed by atoms with Gasteiger partial charge in [0.15, 0.2) is 0 Å². The molecule has 0 bridgehead atoms. The highest BCUT2D eigenvalue weighted by Crippen LogP contribution is 2.31. The number of rotatable bonds is 6. The minimum absolute atomic E-state index is 0.0000371. The van der Waals surface area contributed by atoms with Gasteiger partial charge in [0.25, 0.3) is 0 Å². The molecular weight excluding hydrogens is 445 g/mol. The Balaban J connectivity index is 2.67. The molecule has 0 unspecified atom stereocenters. The number of hydrogen-bond donors (Lipinski definition) is 2. The second-order valence-electron chi connectivity index (χ2n) is 3.87. The van der Waals surface area contributed by atoms with Gasteiger partial charge >= 0.3 is 6.18 Å². The van der Waals surface area contributed by atoms with Crippen LogP contribution in [0.2, 0.25) is 0 Å². The summed E-state index contributed by atoms with van der Waals surface area (Å²) in [5.41, 5.74) is 5.64. The molecule has 0 amide bonds. The van der Waals surface area contributed by atoms with Crippen molar-refractivity contribution in [3.05, 3.63) is 21.1 Å². The molecule has 120 valence electrons. The number of hydrogen-bond acceptors (Lipinski definition) is 4. The lowest BCUT2D eigenvalue weighted by Crippen LogP contribution is -2.29. The van der Waals surface area contributed by atoms with Crippen molar-refractivity contribution in [3.63, 3.8) is 0 Å². The Hall–Kier alpha value is -0.360. The summed E-state index contributed by atoms with van der Waals surface area (Å²) in [5.74, 6) is 0. The predicted molar refractivity (Wildman–Crippen MR) is 78.3 cm³/mol. The molecule has 0 saturated heterocycles. The molecule has 0 spiro atoms. The number of halogens is 5. The maximum atomic E-state index is 12.0. The third kappa shape index (κ3) is 6.10. The van der Waals surface area contributed by atoms with Crippen molar-refractivity contribution in [3.8, 4) is 0 Å². The summed E-state index contributed by atoms with van der Waals surface area (Å²) in [6.07, 6.45) is -4.45. The number of alkyl halides is 3. The third-order valence-corrected chi connectivity index (χ3v) is 5.03. The van der Waals surface area contributed by atoms with Crippen LogP contribution in [0.3, 0.4) is 0 Å². The molecule has 1 rings (SSSR count). The van der Waals surface area contributed by atoms with Crippen LogP contribution < -0.4 is 10.5 Å². The summed E-state index contributed by atoms with van der Waals surface area (Å²) in [6, 6.07) is 2.89. The average molecular weight is 456 g/mol. The van der Waals surface area contributed by atoms with E-state index in [0.717, 1.165) is 0 Å². The number of nitrogens with one attached hydrogen (secondary N) is 1. The van der Waals surface area contributed by atoms with Crippen LogP contribution in [0.25, 0.3) is 0 Å². The first-order valence-corrected chi connectivity index (χ1v) is 8.48. The van der Waals surface area contributed by atoms with Crippen LogP contribution in [0.5, 0.6) is 0 Å². The molecule has 0 aliphatic carbocycles. The summed E-state index contributed by atoms with van der Waals surface area (Å²) >= 11 is 6.23. The Kier molecular flexibility index (Phi) is 6.47. The van der Waals surface area contributed by atoms with Gasteiger partial charge in [-0.2, -0.15) is 13.2 Å². The monoisotopic (exact) mass is 454 g/mol. The van der Waals surface area contributed by atoms with Gasteiger partial charge in [-0.05, 0) is 28.1 Å². The lowest BCUT2D eigenvalue weighted by atomic mass is 10.3. The standard InChI is InChI=1S/C10H11Br2F3N2O3S/c11-6-3-7(12)9(8(16)4-6)21(18,19)17-1-2-20-5-10(13,14)15/h3-4,17H,1-2,5,16H2. The fourth-order valence-electron chi connectivity index (χ4n) is 1.37. The lowest BCUT2D eigenvalue weighted by Gasteiger charge is -2.12. The van der Waals surface area contributed by atoms with Gasteiger partial charge in [-0.25, -0.2) is 13.1 Å². The van der Waals surface area contributed by atoms with Crippen molar-refractivity contribution in [2.75, 3.05) is 25.5 Å². The van der Waals surface area contributed by atoms with Gasteiger partial charge in [-0.3, -0.25) is 0 Å². The maximum Gasteiger partial charge on any atom is 0.411 e. The van der Waals surface area contributed by atoms with Gasteiger partial charge in [0.2, 0.25) is 10.0 Å². The Morgan fingerprint density at radius 2 is 1.90 bits per heavy atom. The summed E-state index contributed by atoms with van der Waals surface area (Å²) < 4.78 is 66.8. The third-order valence-electron chi connectivity index (χ3n) is 2.11. The van der Waals surface area contributed by atoms with Crippen LogP contribution >= 0.6 is 31.9 Å². The van der Waals surface area contributed by atoms with Crippen molar-refractivity contribution in [2.24, 2.45) is 0 Å². The molecule has 1 aromatic rings. The zero-order valence-electron chi connectivity index (χ0n) is 10.4. The summed E-state index contributed by atoms with van der Waals surface area (Å²) in [5, 5.41) is 0. The Labute approximate surface area is 136 Å². The van der Waals surface area contributed by atoms with E-state index in [9.17, 15) is 21.6 Å². The Morgan fingerprint density at radius 3 is 2.43 bits per heavy atom. The SMILES string of the molecule is Nc1cc(Br)cc(Br)c1S(=O)(=O)NCCOCC(F)(F)F. The highest BCUT2D eigenvalue weighted by Gasteiger charge is 2.27. The molecular formula is C10H11Br2F3N2O3S. The lowest BCUT2D eigenvalue weighted by molar-refractivity contribution is -0.173.